The molecule has 0 aromatic rings. The molecule has 0 radical (unpaired) electrons. The van der Waals surface area contributed by atoms with E-state index >= 15 is 0 Å². The second-order valence-corrected chi connectivity index (χ2v) is 4.07. The summed E-state index contributed by atoms with van der Waals surface area (Å²) in [6, 6.07) is 0. The molecule has 0 rings (SSSR count). The minimum Gasteiger partial charge on any atom is -0.481 e. The Kier molecular flexibility index (Phi) is 4.40. The zero-order valence-corrected chi connectivity index (χ0v) is 9.13. The van der Waals surface area contributed by atoms with Crippen LogP contribution in [-0.4, -0.2) is 22.8 Å². The first kappa shape index (κ1) is 12.4. The van der Waals surface area contributed by atoms with Gasteiger partial charge in [0.1, 0.15) is 0 Å². The number of carboxylic acids is 1. The Morgan fingerprint density at radius 2 is 1.92 bits per heavy atom. The lowest BCUT2D eigenvalue weighted by atomic mass is 9.88. The first-order valence-corrected chi connectivity index (χ1v) is 4.71. The summed E-state index contributed by atoms with van der Waals surface area (Å²) in [5.74, 6) is -1.22. The van der Waals surface area contributed by atoms with Crippen molar-refractivity contribution in [2.45, 2.75) is 52.7 Å². The van der Waals surface area contributed by atoms with E-state index < -0.39 is 17.5 Å². The summed E-state index contributed by atoms with van der Waals surface area (Å²) < 4.78 is 5.57. The number of ether oxygens (including phenoxy) is 1. The third kappa shape index (κ3) is 3.77. The highest BCUT2D eigenvalue weighted by Gasteiger charge is 2.35. The second-order valence-electron chi connectivity index (χ2n) is 4.07. The fourth-order valence-electron chi connectivity index (χ4n) is 1.65. The van der Waals surface area contributed by atoms with Crippen LogP contribution in [0.25, 0.3) is 0 Å². The SMILES string of the molecule is CCC(C(=O)O)C(C)(C)OC(C)C. The van der Waals surface area contributed by atoms with Crippen LogP contribution in [0.15, 0.2) is 0 Å². The Balaban J connectivity index is 4.47. The molecule has 78 valence electrons. The van der Waals surface area contributed by atoms with Gasteiger partial charge < -0.3 is 9.84 Å². The van der Waals surface area contributed by atoms with E-state index in [9.17, 15) is 4.79 Å². The molecule has 0 spiro atoms. The number of hydrogen-bond acceptors (Lipinski definition) is 2. The Morgan fingerprint density at radius 3 is 2.15 bits per heavy atom. The van der Waals surface area contributed by atoms with E-state index in [2.05, 4.69) is 0 Å². The highest BCUT2D eigenvalue weighted by atomic mass is 16.5. The van der Waals surface area contributed by atoms with Gasteiger partial charge in [-0.15, -0.1) is 0 Å². The van der Waals surface area contributed by atoms with Crippen LogP contribution in [0.3, 0.4) is 0 Å². The predicted molar refractivity (Wildman–Crippen MR) is 51.7 cm³/mol. The molecule has 0 aliphatic carbocycles. The lowest BCUT2D eigenvalue weighted by Gasteiger charge is -2.32. The van der Waals surface area contributed by atoms with Gasteiger partial charge in [-0.05, 0) is 34.1 Å². The van der Waals surface area contributed by atoms with E-state index in [1.165, 1.54) is 0 Å². The summed E-state index contributed by atoms with van der Waals surface area (Å²) in [6.07, 6.45) is 0.651. The first-order valence-electron chi connectivity index (χ1n) is 4.71. The van der Waals surface area contributed by atoms with Crippen LogP contribution in [0.5, 0.6) is 0 Å². The smallest absolute Gasteiger partial charge is 0.309 e. The minimum atomic E-state index is -0.784. The van der Waals surface area contributed by atoms with Crippen molar-refractivity contribution in [2.24, 2.45) is 5.92 Å². The maximum atomic E-state index is 10.9. The Bertz CT molecular complexity index is 173. The molecule has 13 heavy (non-hydrogen) atoms. The Morgan fingerprint density at radius 1 is 1.46 bits per heavy atom. The molecule has 0 amide bonds. The number of aliphatic carboxylic acids is 1. The van der Waals surface area contributed by atoms with Crippen molar-refractivity contribution in [3.63, 3.8) is 0 Å². The van der Waals surface area contributed by atoms with Crippen LogP contribution >= 0.6 is 0 Å². The molecule has 3 heteroatoms. The van der Waals surface area contributed by atoms with E-state index in [-0.39, 0.29) is 6.10 Å². The zero-order valence-electron chi connectivity index (χ0n) is 9.13. The minimum absolute atomic E-state index is 0.0587. The largest absolute Gasteiger partial charge is 0.481 e. The van der Waals surface area contributed by atoms with Gasteiger partial charge in [-0.25, -0.2) is 0 Å². The molecular weight excluding hydrogens is 168 g/mol. The molecule has 3 nitrogen and oxygen atoms in total. The fourth-order valence-corrected chi connectivity index (χ4v) is 1.65. The molecule has 0 heterocycles. The van der Waals surface area contributed by atoms with Crippen molar-refractivity contribution < 1.29 is 14.6 Å². The molecule has 0 saturated heterocycles. The molecule has 1 unspecified atom stereocenters. The molecule has 0 aromatic heterocycles. The summed E-state index contributed by atoms with van der Waals surface area (Å²) in [6.45, 7) is 9.35. The van der Waals surface area contributed by atoms with Gasteiger partial charge in [0.15, 0.2) is 0 Å². The van der Waals surface area contributed by atoms with Gasteiger partial charge in [0, 0.05) is 0 Å². The normalized spacial score (nSPS) is 14.6. The first-order chi connectivity index (χ1) is 5.81. The van der Waals surface area contributed by atoms with Gasteiger partial charge in [-0.1, -0.05) is 6.92 Å². The van der Waals surface area contributed by atoms with Gasteiger partial charge in [0.25, 0.3) is 0 Å². The van der Waals surface area contributed by atoms with Gasteiger partial charge in [-0.2, -0.15) is 0 Å². The van der Waals surface area contributed by atoms with Gasteiger partial charge in [-0.3, -0.25) is 4.79 Å². The maximum absolute atomic E-state index is 10.9. The molecule has 0 saturated carbocycles. The van der Waals surface area contributed by atoms with Gasteiger partial charge in [0.2, 0.25) is 0 Å². The van der Waals surface area contributed by atoms with E-state index in [0.29, 0.717) is 6.42 Å². The third-order valence-corrected chi connectivity index (χ3v) is 2.08. The van der Waals surface area contributed by atoms with Crippen LogP contribution in [-0.2, 0) is 9.53 Å². The Hall–Kier alpha value is -0.570. The van der Waals surface area contributed by atoms with Crippen LogP contribution in [0.2, 0.25) is 0 Å². The molecule has 0 aromatic carbocycles. The van der Waals surface area contributed by atoms with Crippen molar-refractivity contribution in [1.82, 2.24) is 0 Å². The van der Waals surface area contributed by atoms with Crippen molar-refractivity contribution >= 4 is 5.97 Å². The average molecular weight is 188 g/mol. The lowest BCUT2D eigenvalue weighted by molar-refractivity contribution is -0.158. The summed E-state index contributed by atoms with van der Waals surface area (Å²) in [5, 5.41) is 8.94. The van der Waals surface area contributed by atoms with Crippen LogP contribution in [0.4, 0.5) is 0 Å². The van der Waals surface area contributed by atoms with E-state index in [1.54, 1.807) is 0 Å². The van der Waals surface area contributed by atoms with Crippen molar-refractivity contribution in [1.29, 1.82) is 0 Å². The van der Waals surface area contributed by atoms with Crippen molar-refractivity contribution in [3.05, 3.63) is 0 Å². The quantitative estimate of drug-likeness (QED) is 0.720. The zero-order chi connectivity index (χ0) is 10.6. The van der Waals surface area contributed by atoms with Crippen molar-refractivity contribution in [3.8, 4) is 0 Å². The second kappa shape index (κ2) is 4.61. The van der Waals surface area contributed by atoms with E-state index in [1.807, 2.05) is 34.6 Å². The molecule has 1 atom stereocenters. The van der Waals surface area contributed by atoms with Gasteiger partial charge >= 0.3 is 5.97 Å². The van der Waals surface area contributed by atoms with E-state index in [4.69, 9.17) is 9.84 Å². The van der Waals surface area contributed by atoms with Gasteiger partial charge in [0.05, 0.1) is 17.6 Å². The van der Waals surface area contributed by atoms with Crippen LogP contribution in [0.1, 0.15) is 41.0 Å². The number of rotatable bonds is 5. The molecular formula is C10H20O3. The molecule has 1 N–H and O–H groups in total. The standard InChI is InChI=1S/C10H20O3/c1-6-8(9(11)12)10(4,5)13-7(2)3/h7-8H,6H2,1-5H3,(H,11,12). The lowest BCUT2D eigenvalue weighted by Crippen LogP contribution is -2.40. The molecule has 0 fully saturated rings. The average Bonchev–Trinajstić information content (AvgIpc) is 1.82. The molecule has 0 aliphatic rings. The van der Waals surface area contributed by atoms with E-state index in [0.717, 1.165) is 0 Å². The van der Waals surface area contributed by atoms with Crippen LogP contribution < -0.4 is 0 Å². The molecule has 0 bridgehead atoms. The van der Waals surface area contributed by atoms with Crippen LogP contribution in [0, 0.1) is 5.92 Å². The number of carbonyl (C=O) groups is 1. The summed E-state index contributed by atoms with van der Waals surface area (Å²) in [4.78, 5) is 10.9. The summed E-state index contributed by atoms with van der Waals surface area (Å²) >= 11 is 0. The highest BCUT2D eigenvalue weighted by Crippen LogP contribution is 2.25. The monoisotopic (exact) mass is 188 g/mol. The summed E-state index contributed by atoms with van der Waals surface area (Å²) in [5.41, 5.74) is -0.589. The summed E-state index contributed by atoms with van der Waals surface area (Å²) in [7, 11) is 0. The number of hydrogen-bond donors (Lipinski definition) is 1. The highest BCUT2D eigenvalue weighted by molar-refractivity contribution is 5.71. The number of carboxylic acid groups (broad SMARTS) is 1. The Labute approximate surface area is 80.1 Å². The van der Waals surface area contributed by atoms with Crippen molar-refractivity contribution in [2.75, 3.05) is 0 Å². The third-order valence-electron chi connectivity index (χ3n) is 2.08. The fraction of sp³-hybridized carbons (Fsp3) is 0.900. The topological polar surface area (TPSA) is 46.5 Å². The molecule has 0 aliphatic heterocycles. The predicted octanol–water partition coefficient (Wildman–Crippen LogP) is 2.30. The maximum Gasteiger partial charge on any atom is 0.309 e.